The summed E-state index contributed by atoms with van der Waals surface area (Å²) in [6, 6.07) is 15.3. The summed E-state index contributed by atoms with van der Waals surface area (Å²) >= 11 is 1.46. The summed E-state index contributed by atoms with van der Waals surface area (Å²) in [5.41, 5.74) is 2.71. The van der Waals surface area contributed by atoms with E-state index in [1.807, 2.05) is 37.3 Å². The first-order valence-electron chi connectivity index (χ1n) is 9.77. The van der Waals surface area contributed by atoms with Gasteiger partial charge in [-0.3, -0.25) is 4.79 Å². The topological polar surface area (TPSA) is 84.2 Å². The quantitative estimate of drug-likeness (QED) is 0.647. The number of carbonyl (C=O) groups excluding carboxylic acids is 1. The third kappa shape index (κ3) is 4.61. The molecule has 4 rings (SSSR count). The van der Waals surface area contributed by atoms with Crippen molar-refractivity contribution >= 4 is 22.4 Å². The van der Waals surface area contributed by atoms with E-state index in [4.69, 9.17) is 14.7 Å². The Kier molecular flexibility index (Phi) is 5.96. The molecule has 6 nitrogen and oxygen atoms in total. The number of thiazole rings is 1. The number of anilines is 1. The smallest absolute Gasteiger partial charge is 0.233 e. The maximum absolute atomic E-state index is 12.7. The molecule has 1 atom stereocenters. The lowest BCUT2D eigenvalue weighted by molar-refractivity contribution is -0.121. The maximum Gasteiger partial charge on any atom is 0.233 e. The van der Waals surface area contributed by atoms with E-state index in [1.165, 1.54) is 11.3 Å². The third-order valence-electron chi connectivity index (χ3n) is 4.87. The number of hydrogen-bond acceptors (Lipinski definition) is 6. The molecular formula is C23H21N3O3S. The molecule has 152 valence electrons. The average molecular weight is 420 g/mol. The van der Waals surface area contributed by atoms with Crippen LogP contribution < -0.4 is 14.8 Å². The second-order valence-electron chi connectivity index (χ2n) is 7.02. The van der Waals surface area contributed by atoms with Gasteiger partial charge in [-0.05, 0) is 54.8 Å². The molecule has 7 heteroatoms. The lowest BCUT2D eigenvalue weighted by Crippen LogP contribution is -2.32. The van der Waals surface area contributed by atoms with Gasteiger partial charge in [-0.15, -0.1) is 11.3 Å². The van der Waals surface area contributed by atoms with Crippen LogP contribution in [0.3, 0.4) is 0 Å². The minimum atomic E-state index is -0.278. The van der Waals surface area contributed by atoms with E-state index >= 15 is 0 Å². The Labute approximate surface area is 179 Å². The Morgan fingerprint density at radius 1 is 1.33 bits per heavy atom. The second-order valence-corrected chi connectivity index (χ2v) is 8.14. The molecule has 0 radical (unpaired) electrons. The highest BCUT2D eigenvalue weighted by Gasteiger charge is 2.27. The van der Waals surface area contributed by atoms with Crippen molar-refractivity contribution in [2.75, 3.05) is 18.5 Å². The van der Waals surface area contributed by atoms with Crippen molar-refractivity contribution in [2.45, 2.75) is 19.8 Å². The van der Waals surface area contributed by atoms with Crippen LogP contribution >= 0.6 is 11.3 Å². The van der Waals surface area contributed by atoms with Crippen LogP contribution in [-0.4, -0.2) is 24.1 Å². The van der Waals surface area contributed by atoms with Gasteiger partial charge in [0.25, 0.3) is 0 Å². The van der Waals surface area contributed by atoms with Gasteiger partial charge in [0.1, 0.15) is 18.1 Å². The summed E-state index contributed by atoms with van der Waals surface area (Å²) in [6.45, 7) is 2.88. The van der Waals surface area contributed by atoms with Gasteiger partial charge in [-0.1, -0.05) is 12.1 Å². The summed E-state index contributed by atoms with van der Waals surface area (Å²) < 4.78 is 11.3. The van der Waals surface area contributed by atoms with Crippen molar-refractivity contribution in [3.63, 3.8) is 0 Å². The number of ether oxygens (including phenoxy) is 2. The first-order chi connectivity index (χ1) is 14.6. The number of aromatic nitrogens is 1. The Balaban J connectivity index is 1.37. The van der Waals surface area contributed by atoms with E-state index in [0.717, 1.165) is 27.5 Å². The summed E-state index contributed by atoms with van der Waals surface area (Å²) in [6.07, 6.45) is 3.09. The van der Waals surface area contributed by atoms with Crippen LogP contribution in [0, 0.1) is 17.2 Å². The van der Waals surface area contributed by atoms with Gasteiger partial charge in [0.05, 0.1) is 24.2 Å². The van der Waals surface area contributed by atoms with Crippen LogP contribution in [0.1, 0.15) is 28.5 Å². The van der Waals surface area contributed by atoms with Crippen molar-refractivity contribution in [1.82, 2.24) is 4.98 Å². The van der Waals surface area contributed by atoms with Crippen molar-refractivity contribution in [3.8, 4) is 17.6 Å². The molecule has 1 unspecified atom stereocenters. The molecule has 30 heavy (non-hydrogen) atoms. The number of nitrogens with zero attached hydrogens (tertiary/aromatic N) is 2. The fraction of sp³-hybridized carbons (Fsp3) is 0.261. The molecule has 0 spiro atoms. The zero-order valence-corrected chi connectivity index (χ0v) is 17.4. The molecule has 1 aliphatic rings. The van der Waals surface area contributed by atoms with Crippen molar-refractivity contribution in [2.24, 2.45) is 5.92 Å². The predicted octanol–water partition coefficient (Wildman–Crippen LogP) is 4.19. The zero-order valence-electron chi connectivity index (χ0n) is 16.6. The summed E-state index contributed by atoms with van der Waals surface area (Å²) in [5, 5.41) is 12.4. The fourth-order valence-corrected chi connectivity index (χ4v) is 4.20. The third-order valence-corrected chi connectivity index (χ3v) is 5.78. The number of rotatable bonds is 6. The zero-order chi connectivity index (χ0) is 20.9. The van der Waals surface area contributed by atoms with E-state index in [-0.39, 0.29) is 11.8 Å². The first kappa shape index (κ1) is 19.9. The van der Waals surface area contributed by atoms with Crippen molar-refractivity contribution in [1.29, 1.82) is 5.26 Å². The van der Waals surface area contributed by atoms with Crippen LogP contribution in [-0.2, 0) is 17.6 Å². The SMILES string of the molecule is CCOc1ccc2c(c1)CC(C(=O)Nc1ncc(Cc3ccc(C#N)cc3)s1)CO2. The highest BCUT2D eigenvalue weighted by molar-refractivity contribution is 7.15. The minimum Gasteiger partial charge on any atom is -0.494 e. The first-order valence-corrected chi connectivity index (χ1v) is 10.6. The molecule has 0 bridgehead atoms. The molecule has 3 aromatic rings. The molecule has 1 amide bonds. The van der Waals surface area contributed by atoms with Gasteiger partial charge < -0.3 is 14.8 Å². The molecule has 0 saturated carbocycles. The van der Waals surface area contributed by atoms with Crippen LogP contribution in [0.15, 0.2) is 48.7 Å². The van der Waals surface area contributed by atoms with Gasteiger partial charge in [-0.25, -0.2) is 4.98 Å². The van der Waals surface area contributed by atoms with Gasteiger partial charge in [0.15, 0.2) is 5.13 Å². The van der Waals surface area contributed by atoms with Gasteiger partial charge in [-0.2, -0.15) is 5.26 Å². The summed E-state index contributed by atoms with van der Waals surface area (Å²) in [4.78, 5) is 18.1. The van der Waals surface area contributed by atoms with Crippen molar-refractivity contribution in [3.05, 3.63) is 70.2 Å². The predicted molar refractivity (Wildman–Crippen MR) is 115 cm³/mol. The van der Waals surface area contributed by atoms with Crippen LogP contribution in [0.5, 0.6) is 11.5 Å². The Hall–Kier alpha value is -3.37. The molecule has 0 saturated heterocycles. The van der Waals surface area contributed by atoms with E-state index in [1.54, 1.807) is 18.3 Å². The molecule has 2 heterocycles. The Bertz CT molecular complexity index is 1090. The Morgan fingerprint density at radius 3 is 2.93 bits per heavy atom. The van der Waals surface area contributed by atoms with E-state index in [2.05, 4.69) is 16.4 Å². The van der Waals surface area contributed by atoms with Gasteiger partial charge in [0, 0.05) is 17.5 Å². The van der Waals surface area contributed by atoms with E-state index in [9.17, 15) is 4.79 Å². The average Bonchev–Trinajstić information content (AvgIpc) is 3.20. The summed E-state index contributed by atoms with van der Waals surface area (Å²) in [7, 11) is 0. The number of fused-ring (bicyclic) bond motifs is 1. The number of hydrogen-bond donors (Lipinski definition) is 1. The highest BCUT2D eigenvalue weighted by atomic mass is 32.1. The molecule has 1 aliphatic heterocycles. The number of nitriles is 1. The van der Waals surface area contributed by atoms with E-state index in [0.29, 0.717) is 36.8 Å². The van der Waals surface area contributed by atoms with Crippen molar-refractivity contribution < 1.29 is 14.3 Å². The fourth-order valence-electron chi connectivity index (χ4n) is 3.35. The molecule has 0 fully saturated rings. The highest BCUT2D eigenvalue weighted by Crippen LogP contribution is 2.31. The molecular weight excluding hydrogens is 398 g/mol. The van der Waals surface area contributed by atoms with Crippen LogP contribution in [0.2, 0.25) is 0 Å². The molecule has 0 aliphatic carbocycles. The molecule has 1 N–H and O–H groups in total. The lowest BCUT2D eigenvalue weighted by Gasteiger charge is -2.24. The molecule has 2 aromatic carbocycles. The van der Waals surface area contributed by atoms with Crippen LogP contribution in [0.4, 0.5) is 5.13 Å². The lowest BCUT2D eigenvalue weighted by atomic mass is 9.96. The van der Waals surface area contributed by atoms with Crippen LogP contribution in [0.25, 0.3) is 0 Å². The second kappa shape index (κ2) is 8.97. The van der Waals surface area contributed by atoms with E-state index < -0.39 is 0 Å². The van der Waals surface area contributed by atoms with Gasteiger partial charge >= 0.3 is 0 Å². The van der Waals surface area contributed by atoms with Gasteiger partial charge in [0.2, 0.25) is 5.91 Å². The normalized spacial score (nSPS) is 14.9. The Morgan fingerprint density at radius 2 is 2.17 bits per heavy atom. The number of carbonyl (C=O) groups is 1. The monoisotopic (exact) mass is 419 g/mol. The standard InChI is InChI=1S/C23H21N3O3S/c1-2-28-19-7-8-21-17(11-19)10-18(14-29-21)22(27)26-23-25-13-20(30-23)9-15-3-5-16(12-24)6-4-15/h3-8,11,13,18H,2,9-10,14H2,1H3,(H,25,26,27). The molecule has 1 aromatic heterocycles. The maximum atomic E-state index is 12.7. The number of benzene rings is 2. The minimum absolute atomic E-state index is 0.0956. The summed E-state index contributed by atoms with van der Waals surface area (Å²) in [5.74, 6) is 1.22. The largest absolute Gasteiger partial charge is 0.494 e. The number of nitrogens with one attached hydrogen (secondary N) is 1. The number of amides is 1.